The molecule has 132 valence electrons. The second-order valence-corrected chi connectivity index (χ2v) is 5.64. The van der Waals surface area contributed by atoms with Crippen LogP contribution in [0.5, 0.6) is 0 Å². The van der Waals surface area contributed by atoms with Crippen LogP contribution in [0.2, 0.25) is 0 Å². The predicted octanol–water partition coefficient (Wildman–Crippen LogP) is 2.07. The highest BCUT2D eigenvalue weighted by Crippen LogP contribution is 2.19. The van der Waals surface area contributed by atoms with Crippen molar-refractivity contribution in [1.29, 1.82) is 0 Å². The van der Waals surface area contributed by atoms with E-state index in [1.54, 1.807) is 0 Å². The summed E-state index contributed by atoms with van der Waals surface area (Å²) in [6.07, 6.45) is -1.58. The number of rotatable bonds is 5. The smallest absolute Gasteiger partial charge is 0.257 e. The summed E-state index contributed by atoms with van der Waals surface area (Å²) in [7, 11) is 0. The van der Waals surface area contributed by atoms with Crippen molar-refractivity contribution in [3.05, 3.63) is 5.82 Å². The fraction of sp³-hybridized carbons (Fsp3) is 0.769. The highest BCUT2D eigenvalue weighted by atomic mass is 127. The Morgan fingerprint density at radius 3 is 2.52 bits per heavy atom. The number of piperazine rings is 1. The van der Waals surface area contributed by atoms with E-state index in [-0.39, 0.29) is 24.0 Å². The number of aromatic nitrogens is 2. The molecule has 0 bridgehead atoms. The number of hydrogen-bond donors (Lipinski definition) is 1. The third-order valence-electron chi connectivity index (χ3n) is 3.34. The Labute approximate surface area is 156 Å². The fourth-order valence-corrected chi connectivity index (χ4v) is 3.01. The first-order chi connectivity index (χ1) is 10.6. The summed E-state index contributed by atoms with van der Waals surface area (Å²) < 4.78 is 29.0. The Kier molecular flexibility index (Phi) is 8.95. The predicted molar refractivity (Wildman–Crippen MR) is 100 cm³/mol. The number of nitrogens with one attached hydrogen (secondary N) is 1. The van der Waals surface area contributed by atoms with Gasteiger partial charge in [-0.15, -0.1) is 24.0 Å². The van der Waals surface area contributed by atoms with E-state index in [0.29, 0.717) is 12.5 Å². The van der Waals surface area contributed by atoms with Gasteiger partial charge in [-0.2, -0.15) is 4.37 Å². The van der Waals surface area contributed by atoms with E-state index in [9.17, 15) is 8.78 Å². The van der Waals surface area contributed by atoms with Gasteiger partial charge >= 0.3 is 0 Å². The van der Waals surface area contributed by atoms with Gasteiger partial charge in [0, 0.05) is 50.7 Å². The summed E-state index contributed by atoms with van der Waals surface area (Å²) >= 11 is 1.42. The molecule has 1 aromatic rings. The van der Waals surface area contributed by atoms with Gasteiger partial charge < -0.3 is 15.1 Å². The molecule has 0 amide bonds. The van der Waals surface area contributed by atoms with Crippen LogP contribution in [0.25, 0.3) is 0 Å². The minimum absolute atomic E-state index is 0. The molecule has 6 nitrogen and oxygen atoms in total. The number of aryl methyl sites for hydroxylation is 1. The van der Waals surface area contributed by atoms with Crippen LogP contribution in [0.15, 0.2) is 4.99 Å². The third-order valence-corrected chi connectivity index (χ3v) is 4.15. The van der Waals surface area contributed by atoms with Gasteiger partial charge in [0.1, 0.15) is 12.4 Å². The number of anilines is 1. The molecule has 0 spiro atoms. The van der Waals surface area contributed by atoms with Crippen LogP contribution in [-0.2, 0) is 6.42 Å². The van der Waals surface area contributed by atoms with E-state index >= 15 is 0 Å². The molecule has 1 aliphatic heterocycles. The molecule has 0 aliphatic carbocycles. The van der Waals surface area contributed by atoms with Gasteiger partial charge in [-0.25, -0.2) is 18.8 Å². The molecule has 2 rings (SSSR count). The van der Waals surface area contributed by atoms with Gasteiger partial charge in [-0.05, 0) is 6.92 Å². The maximum atomic E-state index is 12.3. The van der Waals surface area contributed by atoms with Crippen LogP contribution in [0.1, 0.15) is 19.7 Å². The zero-order valence-electron chi connectivity index (χ0n) is 13.3. The summed E-state index contributed by atoms with van der Waals surface area (Å²) in [6.45, 7) is 7.21. The summed E-state index contributed by atoms with van der Waals surface area (Å²) in [5.41, 5.74) is 0. The van der Waals surface area contributed by atoms with Crippen LogP contribution in [-0.4, -0.2) is 65.9 Å². The highest BCUT2D eigenvalue weighted by Gasteiger charge is 2.22. The summed E-state index contributed by atoms with van der Waals surface area (Å²) in [5.74, 6) is 1.43. The standard InChI is InChI=1S/C13H22F2N6S.HI/c1-3-11-18-13(22-19-11)21-7-5-20(6-8-21)12(16-4-2)17-9-10(14)15;/h10H,3-9H2,1-2H3,(H,16,17);1H. The normalized spacial score (nSPS) is 15.8. The molecule has 1 saturated heterocycles. The summed E-state index contributed by atoms with van der Waals surface area (Å²) in [6, 6.07) is 0. The van der Waals surface area contributed by atoms with E-state index in [0.717, 1.165) is 43.6 Å². The van der Waals surface area contributed by atoms with Gasteiger partial charge in [0.2, 0.25) is 5.13 Å². The fourth-order valence-electron chi connectivity index (χ4n) is 2.21. The number of halogens is 3. The van der Waals surface area contributed by atoms with Gasteiger partial charge in [-0.3, -0.25) is 0 Å². The monoisotopic (exact) mass is 460 g/mol. The second kappa shape index (κ2) is 10.2. The van der Waals surface area contributed by atoms with Crippen LogP contribution < -0.4 is 10.2 Å². The molecule has 1 fully saturated rings. The van der Waals surface area contributed by atoms with Crippen molar-refractivity contribution < 1.29 is 8.78 Å². The Hall–Kier alpha value is -0.780. The van der Waals surface area contributed by atoms with Crippen LogP contribution >= 0.6 is 35.5 Å². The summed E-state index contributed by atoms with van der Waals surface area (Å²) in [5, 5.41) is 4.01. The Bertz CT molecular complexity index is 491. The van der Waals surface area contributed by atoms with Crippen molar-refractivity contribution in [2.75, 3.05) is 44.2 Å². The maximum absolute atomic E-state index is 12.3. The van der Waals surface area contributed by atoms with E-state index < -0.39 is 13.0 Å². The lowest BCUT2D eigenvalue weighted by Gasteiger charge is -2.36. The first-order valence-electron chi connectivity index (χ1n) is 7.53. The SMILES string of the molecule is CCNC(=NCC(F)F)N1CCN(c2nc(CC)ns2)CC1.I. The molecule has 10 heteroatoms. The van der Waals surface area contributed by atoms with E-state index in [4.69, 9.17) is 0 Å². The molecule has 1 aromatic heterocycles. The number of guanidine groups is 1. The molecular formula is C13H23F2IN6S. The van der Waals surface area contributed by atoms with Gasteiger partial charge in [0.25, 0.3) is 6.43 Å². The average molecular weight is 460 g/mol. The molecule has 0 radical (unpaired) electrons. The zero-order valence-corrected chi connectivity index (χ0v) is 16.5. The molecule has 1 aliphatic rings. The lowest BCUT2D eigenvalue weighted by Crippen LogP contribution is -2.52. The minimum atomic E-state index is -2.41. The van der Waals surface area contributed by atoms with E-state index in [1.165, 1.54) is 11.5 Å². The Morgan fingerprint density at radius 2 is 2.00 bits per heavy atom. The second-order valence-electron chi connectivity index (χ2n) is 4.91. The first-order valence-corrected chi connectivity index (χ1v) is 8.30. The quantitative estimate of drug-likeness (QED) is 0.415. The molecule has 2 heterocycles. The van der Waals surface area contributed by atoms with Crippen molar-refractivity contribution in [2.24, 2.45) is 4.99 Å². The highest BCUT2D eigenvalue weighted by molar-refractivity contribution is 14.0. The first kappa shape index (κ1) is 20.3. The Morgan fingerprint density at radius 1 is 1.30 bits per heavy atom. The maximum Gasteiger partial charge on any atom is 0.257 e. The van der Waals surface area contributed by atoms with Crippen LogP contribution in [0, 0.1) is 0 Å². The van der Waals surface area contributed by atoms with E-state index in [2.05, 4.69) is 24.6 Å². The minimum Gasteiger partial charge on any atom is -0.357 e. The summed E-state index contributed by atoms with van der Waals surface area (Å²) in [4.78, 5) is 12.7. The number of alkyl halides is 2. The Balaban J connectivity index is 0.00000264. The number of nitrogens with zero attached hydrogens (tertiary/aromatic N) is 5. The molecule has 0 saturated carbocycles. The molecule has 0 aromatic carbocycles. The lowest BCUT2D eigenvalue weighted by molar-refractivity contribution is 0.158. The zero-order chi connectivity index (χ0) is 15.9. The largest absolute Gasteiger partial charge is 0.357 e. The van der Waals surface area contributed by atoms with E-state index in [1.807, 2.05) is 18.7 Å². The molecule has 1 N–H and O–H groups in total. The van der Waals surface area contributed by atoms with Crippen molar-refractivity contribution in [3.8, 4) is 0 Å². The van der Waals surface area contributed by atoms with Crippen molar-refractivity contribution in [2.45, 2.75) is 26.7 Å². The molecular weight excluding hydrogens is 437 g/mol. The van der Waals surface area contributed by atoms with Gasteiger partial charge in [0.05, 0.1) is 0 Å². The van der Waals surface area contributed by atoms with Gasteiger partial charge in [0.15, 0.2) is 5.96 Å². The molecule has 0 unspecified atom stereocenters. The molecule has 23 heavy (non-hydrogen) atoms. The van der Waals surface area contributed by atoms with Crippen LogP contribution in [0.3, 0.4) is 0 Å². The lowest BCUT2D eigenvalue weighted by atomic mass is 10.3. The van der Waals surface area contributed by atoms with Gasteiger partial charge in [-0.1, -0.05) is 6.92 Å². The third kappa shape index (κ3) is 5.98. The number of aliphatic imine (C=N–C) groups is 1. The van der Waals surface area contributed by atoms with Crippen molar-refractivity contribution >= 4 is 46.6 Å². The van der Waals surface area contributed by atoms with Crippen molar-refractivity contribution in [3.63, 3.8) is 0 Å². The van der Waals surface area contributed by atoms with Crippen molar-refractivity contribution in [1.82, 2.24) is 19.6 Å². The number of hydrogen-bond acceptors (Lipinski definition) is 5. The molecule has 0 atom stereocenters. The topological polar surface area (TPSA) is 56.7 Å². The van der Waals surface area contributed by atoms with Crippen LogP contribution in [0.4, 0.5) is 13.9 Å². The average Bonchev–Trinajstić information content (AvgIpc) is 3.00.